The van der Waals surface area contributed by atoms with E-state index in [9.17, 15) is 0 Å². The molecule has 0 saturated carbocycles. The zero-order valence-corrected chi connectivity index (χ0v) is 7.86. The van der Waals surface area contributed by atoms with Crippen molar-refractivity contribution in [3.63, 3.8) is 0 Å². The number of hydrogen-bond donors (Lipinski definition) is 1. The molecule has 4 nitrogen and oxygen atoms in total. The van der Waals surface area contributed by atoms with Crippen LogP contribution in [0.4, 0.5) is 0 Å². The first kappa shape index (κ1) is 8.72. The lowest BCUT2D eigenvalue weighted by Gasteiger charge is -2.13. The van der Waals surface area contributed by atoms with E-state index in [1.54, 1.807) is 6.26 Å². The molecule has 4 heteroatoms. The first-order chi connectivity index (χ1) is 6.38. The van der Waals surface area contributed by atoms with E-state index >= 15 is 0 Å². The first-order valence-corrected chi connectivity index (χ1v) is 4.67. The summed E-state index contributed by atoms with van der Waals surface area (Å²) in [6.07, 6.45) is 2.86. The molecule has 1 aromatic heterocycles. The summed E-state index contributed by atoms with van der Waals surface area (Å²) in [6, 6.07) is 2.57. The molecule has 1 aliphatic rings. The van der Waals surface area contributed by atoms with Gasteiger partial charge in [0.05, 0.1) is 5.69 Å². The van der Waals surface area contributed by atoms with Gasteiger partial charge in [-0.3, -0.25) is 4.90 Å². The highest BCUT2D eigenvalue weighted by Gasteiger charge is 2.21. The van der Waals surface area contributed by atoms with Crippen LogP contribution in [0.2, 0.25) is 0 Å². The second-order valence-electron chi connectivity index (χ2n) is 3.50. The molecule has 13 heavy (non-hydrogen) atoms. The van der Waals surface area contributed by atoms with Crippen LogP contribution in [0.3, 0.4) is 0 Å². The Balaban J connectivity index is 1.84. The second-order valence-corrected chi connectivity index (χ2v) is 3.50. The summed E-state index contributed by atoms with van der Waals surface area (Å²) in [4.78, 5) is 2.39. The quantitative estimate of drug-likeness (QED) is 0.736. The van der Waals surface area contributed by atoms with Gasteiger partial charge in [-0.2, -0.15) is 0 Å². The van der Waals surface area contributed by atoms with Crippen molar-refractivity contribution in [2.24, 2.45) is 0 Å². The van der Waals surface area contributed by atoms with E-state index < -0.39 is 0 Å². The number of nitrogens with one attached hydrogen (secondary N) is 1. The van der Waals surface area contributed by atoms with Crippen molar-refractivity contribution in [2.45, 2.75) is 19.0 Å². The van der Waals surface area contributed by atoms with Crippen molar-refractivity contribution in [2.75, 3.05) is 20.1 Å². The summed E-state index contributed by atoms with van der Waals surface area (Å²) in [5.74, 6) is 0. The van der Waals surface area contributed by atoms with Gasteiger partial charge < -0.3 is 9.84 Å². The van der Waals surface area contributed by atoms with Crippen molar-refractivity contribution in [1.82, 2.24) is 15.4 Å². The van der Waals surface area contributed by atoms with Crippen LogP contribution in [0.25, 0.3) is 0 Å². The minimum atomic E-state index is 0.645. The first-order valence-electron chi connectivity index (χ1n) is 4.67. The maximum atomic E-state index is 4.79. The van der Waals surface area contributed by atoms with Crippen LogP contribution in [0.15, 0.2) is 16.9 Å². The SMILES string of the molecule is CNC1CCN(Cc2ccon2)C1. The van der Waals surface area contributed by atoms with Crippen LogP contribution in [0.1, 0.15) is 12.1 Å². The molecule has 0 amide bonds. The average Bonchev–Trinajstić information content (AvgIpc) is 2.76. The molecule has 0 aromatic carbocycles. The molecule has 1 unspecified atom stereocenters. The Kier molecular flexibility index (Phi) is 2.61. The minimum absolute atomic E-state index is 0.645. The topological polar surface area (TPSA) is 41.3 Å². The summed E-state index contributed by atoms with van der Waals surface area (Å²) in [5, 5.41) is 7.18. The molecule has 2 rings (SSSR count). The maximum Gasteiger partial charge on any atom is 0.124 e. The molecule has 2 heterocycles. The molecular weight excluding hydrogens is 166 g/mol. The predicted molar refractivity (Wildman–Crippen MR) is 49.2 cm³/mol. The number of nitrogens with zero attached hydrogens (tertiary/aromatic N) is 2. The van der Waals surface area contributed by atoms with Crippen LogP contribution in [-0.2, 0) is 6.54 Å². The third kappa shape index (κ3) is 2.08. The van der Waals surface area contributed by atoms with Crippen LogP contribution in [0.5, 0.6) is 0 Å². The highest BCUT2D eigenvalue weighted by Crippen LogP contribution is 2.11. The number of hydrogen-bond acceptors (Lipinski definition) is 4. The molecule has 0 bridgehead atoms. The highest BCUT2D eigenvalue weighted by molar-refractivity contribution is 4.96. The molecule has 1 saturated heterocycles. The summed E-state index contributed by atoms with van der Waals surface area (Å²) >= 11 is 0. The normalized spacial score (nSPS) is 23.9. The van der Waals surface area contributed by atoms with Crippen molar-refractivity contribution in [3.05, 3.63) is 18.0 Å². The summed E-state index contributed by atoms with van der Waals surface area (Å²) in [6.45, 7) is 3.18. The molecule has 72 valence electrons. The van der Waals surface area contributed by atoms with Crippen molar-refractivity contribution in [3.8, 4) is 0 Å². The third-order valence-electron chi connectivity index (χ3n) is 2.56. The van der Waals surface area contributed by atoms with E-state index in [1.807, 2.05) is 13.1 Å². The highest BCUT2D eigenvalue weighted by atomic mass is 16.5. The number of likely N-dealkylation sites (tertiary alicyclic amines) is 1. The Labute approximate surface area is 77.9 Å². The van der Waals surface area contributed by atoms with Gasteiger partial charge in [0.1, 0.15) is 6.26 Å². The Morgan fingerprint density at radius 2 is 2.69 bits per heavy atom. The largest absolute Gasteiger partial charge is 0.364 e. The van der Waals surface area contributed by atoms with Gasteiger partial charge in [0.2, 0.25) is 0 Å². The van der Waals surface area contributed by atoms with E-state index in [4.69, 9.17) is 4.52 Å². The van der Waals surface area contributed by atoms with Gasteiger partial charge in [0, 0.05) is 31.7 Å². The lowest BCUT2D eigenvalue weighted by molar-refractivity contribution is 0.307. The number of likely N-dealkylation sites (N-methyl/N-ethyl adjacent to an activating group) is 1. The lowest BCUT2D eigenvalue weighted by atomic mass is 10.3. The fourth-order valence-corrected chi connectivity index (χ4v) is 1.76. The van der Waals surface area contributed by atoms with Crippen LogP contribution in [-0.4, -0.2) is 36.2 Å². The van der Waals surface area contributed by atoms with E-state index in [0.29, 0.717) is 6.04 Å². The maximum absolute atomic E-state index is 4.79. The van der Waals surface area contributed by atoms with Gasteiger partial charge in [-0.15, -0.1) is 0 Å². The number of rotatable bonds is 3. The van der Waals surface area contributed by atoms with Gasteiger partial charge in [0.15, 0.2) is 0 Å². The molecule has 1 aromatic rings. The molecule has 0 radical (unpaired) electrons. The Bertz CT molecular complexity index is 247. The lowest BCUT2D eigenvalue weighted by Crippen LogP contribution is -2.29. The van der Waals surface area contributed by atoms with Crippen molar-refractivity contribution >= 4 is 0 Å². The zero-order valence-electron chi connectivity index (χ0n) is 7.86. The molecule has 0 spiro atoms. The van der Waals surface area contributed by atoms with Gasteiger partial charge in [-0.1, -0.05) is 5.16 Å². The van der Waals surface area contributed by atoms with Gasteiger partial charge in [0.25, 0.3) is 0 Å². The Morgan fingerprint density at radius 3 is 3.31 bits per heavy atom. The van der Waals surface area contributed by atoms with Crippen molar-refractivity contribution < 1.29 is 4.52 Å². The Morgan fingerprint density at radius 1 is 1.77 bits per heavy atom. The van der Waals surface area contributed by atoms with E-state index in [0.717, 1.165) is 25.3 Å². The standard InChI is InChI=1S/C9H15N3O/c1-10-8-2-4-12(6-8)7-9-3-5-13-11-9/h3,5,8,10H,2,4,6-7H2,1H3. The summed E-state index contributed by atoms with van der Waals surface area (Å²) in [7, 11) is 2.02. The van der Waals surface area contributed by atoms with Gasteiger partial charge in [-0.25, -0.2) is 0 Å². The van der Waals surface area contributed by atoms with Crippen LogP contribution >= 0.6 is 0 Å². The van der Waals surface area contributed by atoms with Gasteiger partial charge in [-0.05, 0) is 13.5 Å². The average molecular weight is 181 g/mol. The third-order valence-corrected chi connectivity index (χ3v) is 2.56. The molecule has 1 fully saturated rings. The van der Waals surface area contributed by atoms with Crippen LogP contribution < -0.4 is 5.32 Å². The minimum Gasteiger partial charge on any atom is -0.364 e. The van der Waals surface area contributed by atoms with Crippen LogP contribution in [0, 0.1) is 0 Å². The van der Waals surface area contributed by atoms with Crippen molar-refractivity contribution in [1.29, 1.82) is 0 Å². The summed E-state index contributed by atoms with van der Waals surface area (Å²) < 4.78 is 4.79. The molecule has 1 N–H and O–H groups in total. The smallest absolute Gasteiger partial charge is 0.124 e. The summed E-state index contributed by atoms with van der Waals surface area (Å²) in [5.41, 5.74) is 1.02. The van der Waals surface area contributed by atoms with Gasteiger partial charge >= 0.3 is 0 Å². The monoisotopic (exact) mass is 181 g/mol. The second kappa shape index (κ2) is 3.89. The zero-order chi connectivity index (χ0) is 9.10. The molecule has 1 atom stereocenters. The van der Waals surface area contributed by atoms with E-state index in [1.165, 1.54) is 6.42 Å². The number of aromatic nitrogens is 1. The molecular formula is C9H15N3O. The fourth-order valence-electron chi connectivity index (χ4n) is 1.76. The predicted octanol–water partition coefficient (Wildman–Crippen LogP) is 0.468. The fraction of sp³-hybridized carbons (Fsp3) is 0.667. The van der Waals surface area contributed by atoms with E-state index in [-0.39, 0.29) is 0 Å². The molecule has 0 aliphatic carbocycles. The Hall–Kier alpha value is -0.870. The molecule has 1 aliphatic heterocycles. The van der Waals surface area contributed by atoms with E-state index in [2.05, 4.69) is 15.4 Å².